The van der Waals surface area contributed by atoms with E-state index in [1.807, 2.05) is 0 Å². The Labute approximate surface area is 76.1 Å². The minimum absolute atomic E-state index is 0.616. The zero-order chi connectivity index (χ0) is 8.97. The fraction of sp³-hybridized carbons (Fsp3) is 1.00. The molecule has 0 aliphatic heterocycles. The van der Waals surface area contributed by atoms with Gasteiger partial charge in [0.2, 0.25) is 0 Å². The van der Waals surface area contributed by atoms with Crippen molar-refractivity contribution in [3.63, 3.8) is 0 Å². The minimum Gasteiger partial charge on any atom is -0.329 e. The average molecular weight is 170 g/mol. The van der Waals surface area contributed by atoms with Crippen molar-refractivity contribution >= 4 is 0 Å². The van der Waals surface area contributed by atoms with Gasteiger partial charge in [-0.05, 0) is 32.9 Å². The Morgan fingerprint density at radius 1 is 1.25 bits per heavy atom. The lowest BCUT2D eigenvalue weighted by atomic mass is 9.83. The van der Waals surface area contributed by atoms with Crippen LogP contribution in [0.1, 0.15) is 32.1 Å². The van der Waals surface area contributed by atoms with E-state index >= 15 is 0 Å². The number of nitrogens with zero attached hydrogens (tertiary/aromatic N) is 1. The first-order valence-electron chi connectivity index (χ1n) is 5.12. The highest BCUT2D eigenvalue weighted by Gasteiger charge is 2.23. The molecule has 0 radical (unpaired) electrons. The summed E-state index contributed by atoms with van der Waals surface area (Å²) in [6.45, 7) is 0.817. The molecule has 0 aromatic heterocycles. The Morgan fingerprint density at radius 2 is 1.83 bits per heavy atom. The maximum Gasteiger partial charge on any atom is 0.0240 e. The molecule has 2 N–H and O–H groups in total. The fourth-order valence-electron chi connectivity index (χ4n) is 2.34. The molecule has 0 heterocycles. The third-order valence-corrected chi connectivity index (χ3v) is 3.10. The molecule has 0 saturated heterocycles. The molecule has 0 amide bonds. The summed E-state index contributed by atoms with van der Waals surface area (Å²) < 4.78 is 0. The van der Waals surface area contributed by atoms with Gasteiger partial charge in [0.05, 0.1) is 0 Å². The van der Waals surface area contributed by atoms with E-state index in [0.717, 1.165) is 12.5 Å². The van der Waals surface area contributed by atoms with Crippen molar-refractivity contribution in [2.75, 3.05) is 20.6 Å². The largest absolute Gasteiger partial charge is 0.329 e. The molecule has 2 nitrogen and oxygen atoms in total. The van der Waals surface area contributed by atoms with Crippen LogP contribution in [0.4, 0.5) is 0 Å². The van der Waals surface area contributed by atoms with E-state index in [4.69, 9.17) is 5.73 Å². The van der Waals surface area contributed by atoms with Crippen LogP contribution in [0.3, 0.4) is 0 Å². The van der Waals surface area contributed by atoms with Gasteiger partial charge >= 0.3 is 0 Å². The van der Waals surface area contributed by atoms with Crippen LogP contribution in [0.2, 0.25) is 0 Å². The molecule has 0 unspecified atom stereocenters. The summed E-state index contributed by atoms with van der Waals surface area (Å²) in [6.07, 6.45) is 7.03. The lowest BCUT2D eigenvalue weighted by molar-refractivity contribution is 0.175. The summed E-state index contributed by atoms with van der Waals surface area (Å²) in [6, 6.07) is 0.616. The molecule has 0 aromatic rings. The van der Waals surface area contributed by atoms with E-state index in [-0.39, 0.29) is 0 Å². The van der Waals surface area contributed by atoms with Gasteiger partial charge in [0.25, 0.3) is 0 Å². The van der Waals surface area contributed by atoms with Crippen molar-refractivity contribution in [3.05, 3.63) is 0 Å². The highest BCUT2D eigenvalue weighted by Crippen LogP contribution is 2.27. The van der Waals surface area contributed by atoms with Crippen molar-refractivity contribution in [1.82, 2.24) is 4.90 Å². The van der Waals surface area contributed by atoms with Gasteiger partial charge < -0.3 is 10.6 Å². The van der Waals surface area contributed by atoms with E-state index in [9.17, 15) is 0 Å². The molecule has 0 aromatic carbocycles. The van der Waals surface area contributed by atoms with Crippen LogP contribution in [0.5, 0.6) is 0 Å². The molecule has 0 spiro atoms. The predicted octanol–water partition coefficient (Wildman–Crippen LogP) is 1.46. The van der Waals surface area contributed by atoms with Crippen LogP contribution in [0.15, 0.2) is 0 Å². The summed E-state index contributed by atoms with van der Waals surface area (Å²) in [5, 5.41) is 0. The summed E-state index contributed by atoms with van der Waals surface area (Å²) in [4.78, 5) is 2.29. The van der Waals surface area contributed by atoms with Gasteiger partial charge in [-0.3, -0.25) is 0 Å². The average Bonchev–Trinajstić information content (AvgIpc) is 2.07. The number of hydrogen-bond donors (Lipinski definition) is 1. The predicted molar refractivity (Wildman–Crippen MR) is 53.1 cm³/mol. The Kier molecular flexibility index (Phi) is 4.02. The van der Waals surface area contributed by atoms with Gasteiger partial charge in [0.1, 0.15) is 0 Å². The molecule has 1 atom stereocenters. The summed E-state index contributed by atoms with van der Waals surface area (Å²) in [5.41, 5.74) is 5.76. The van der Waals surface area contributed by atoms with Gasteiger partial charge in [-0.2, -0.15) is 0 Å². The minimum atomic E-state index is 0.616. The van der Waals surface area contributed by atoms with Crippen molar-refractivity contribution in [2.45, 2.75) is 38.1 Å². The summed E-state index contributed by atoms with van der Waals surface area (Å²) in [5.74, 6) is 0.860. The molecule has 1 saturated carbocycles. The van der Waals surface area contributed by atoms with Gasteiger partial charge in [-0.1, -0.05) is 19.3 Å². The van der Waals surface area contributed by atoms with E-state index < -0.39 is 0 Å². The molecule has 1 rings (SSSR count). The number of likely N-dealkylation sites (N-methyl/N-ethyl adjacent to an activating group) is 1. The first kappa shape index (κ1) is 10.0. The lowest BCUT2D eigenvalue weighted by Crippen LogP contribution is -2.42. The molecular formula is C10H22N2. The second-order valence-electron chi connectivity index (χ2n) is 4.16. The number of rotatable bonds is 3. The molecule has 12 heavy (non-hydrogen) atoms. The molecule has 1 fully saturated rings. The molecular weight excluding hydrogens is 148 g/mol. The van der Waals surface area contributed by atoms with E-state index in [2.05, 4.69) is 19.0 Å². The molecule has 72 valence electrons. The Hall–Kier alpha value is -0.0800. The van der Waals surface area contributed by atoms with Gasteiger partial charge in [-0.25, -0.2) is 0 Å². The highest BCUT2D eigenvalue weighted by atomic mass is 15.1. The van der Waals surface area contributed by atoms with Crippen LogP contribution < -0.4 is 5.73 Å². The molecule has 1 aliphatic carbocycles. The third kappa shape index (κ3) is 2.46. The smallest absolute Gasteiger partial charge is 0.0240 e. The van der Waals surface area contributed by atoms with E-state index in [1.54, 1.807) is 0 Å². The van der Waals surface area contributed by atoms with Gasteiger partial charge in [-0.15, -0.1) is 0 Å². The second-order valence-corrected chi connectivity index (χ2v) is 4.16. The standard InChI is InChI=1S/C10H22N2/c1-12(2)10(8-11)9-6-4-3-5-7-9/h9-10H,3-8,11H2,1-2H3/t10-/m0/s1. The highest BCUT2D eigenvalue weighted by molar-refractivity contribution is 4.79. The van der Waals surface area contributed by atoms with Crippen LogP contribution in [0.25, 0.3) is 0 Å². The van der Waals surface area contributed by atoms with E-state index in [0.29, 0.717) is 6.04 Å². The Balaban J connectivity index is 2.40. The summed E-state index contributed by atoms with van der Waals surface area (Å²) >= 11 is 0. The maximum atomic E-state index is 5.76. The molecule has 0 bridgehead atoms. The monoisotopic (exact) mass is 170 g/mol. The van der Waals surface area contributed by atoms with Crippen molar-refractivity contribution < 1.29 is 0 Å². The van der Waals surface area contributed by atoms with Crippen LogP contribution >= 0.6 is 0 Å². The lowest BCUT2D eigenvalue weighted by Gasteiger charge is -2.33. The first-order chi connectivity index (χ1) is 5.75. The maximum absolute atomic E-state index is 5.76. The van der Waals surface area contributed by atoms with Crippen LogP contribution in [-0.4, -0.2) is 31.6 Å². The normalized spacial score (nSPS) is 23.0. The van der Waals surface area contributed by atoms with Crippen LogP contribution in [0, 0.1) is 5.92 Å². The Bertz CT molecular complexity index is 117. The number of hydrogen-bond acceptors (Lipinski definition) is 2. The molecule has 1 aliphatic rings. The van der Waals surface area contributed by atoms with Gasteiger partial charge in [0, 0.05) is 12.6 Å². The van der Waals surface area contributed by atoms with Gasteiger partial charge in [0.15, 0.2) is 0 Å². The Morgan fingerprint density at radius 3 is 2.25 bits per heavy atom. The fourth-order valence-corrected chi connectivity index (χ4v) is 2.34. The van der Waals surface area contributed by atoms with E-state index in [1.165, 1.54) is 32.1 Å². The quantitative estimate of drug-likeness (QED) is 0.694. The molecule has 2 heteroatoms. The van der Waals surface area contributed by atoms with Crippen molar-refractivity contribution in [3.8, 4) is 0 Å². The number of nitrogens with two attached hydrogens (primary N) is 1. The topological polar surface area (TPSA) is 29.3 Å². The van der Waals surface area contributed by atoms with Crippen LogP contribution in [-0.2, 0) is 0 Å². The second kappa shape index (κ2) is 4.83. The first-order valence-corrected chi connectivity index (χ1v) is 5.12. The zero-order valence-corrected chi connectivity index (χ0v) is 8.42. The zero-order valence-electron chi connectivity index (χ0n) is 8.42. The van der Waals surface area contributed by atoms with Crippen molar-refractivity contribution in [2.24, 2.45) is 11.7 Å². The summed E-state index contributed by atoms with van der Waals surface area (Å²) in [7, 11) is 4.29. The third-order valence-electron chi connectivity index (χ3n) is 3.10. The van der Waals surface area contributed by atoms with Crippen molar-refractivity contribution in [1.29, 1.82) is 0 Å². The SMILES string of the molecule is CN(C)[C@@H](CN)C1CCCCC1.